The summed E-state index contributed by atoms with van der Waals surface area (Å²) in [7, 11) is 0. The number of nitrogens with one attached hydrogen (secondary N) is 1. The van der Waals surface area contributed by atoms with Crippen LogP contribution >= 0.6 is 15.9 Å². The fourth-order valence-electron chi connectivity index (χ4n) is 1.66. The summed E-state index contributed by atoms with van der Waals surface area (Å²) in [6, 6.07) is 9.16. The maximum Gasteiger partial charge on any atom is 0.573 e. The van der Waals surface area contributed by atoms with Crippen LogP contribution in [-0.2, 0) is 0 Å². The number of alkyl halides is 3. The minimum atomic E-state index is -4.87. The molecule has 4 nitrogen and oxygen atoms in total. The summed E-state index contributed by atoms with van der Waals surface area (Å²) in [4.78, 5) is 12.1. The van der Waals surface area contributed by atoms with Gasteiger partial charge in [0.05, 0.1) is 11.3 Å². The first-order chi connectivity index (χ1) is 10.3. The Morgan fingerprint density at radius 2 is 1.86 bits per heavy atom. The lowest BCUT2D eigenvalue weighted by molar-refractivity contribution is -0.274. The molecule has 0 aliphatic carbocycles. The Kier molecular flexibility index (Phi) is 4.60. The van der Waals surface area contributed by atoms with Gasteiger partial charge in [0.25, 0.3) is 5.91 Å². The van der Waals surface area contributed by atoms with Crippen molar-refractivity contribution in [3.63, 3.8) is 0 Å². The highest BCUT2D eigenvalue weighted by Crippen LogP contribution is 2.31. The molecular weight excluding hydrogens is 367 g/mol. The third-order valence-electron chi connectivity index (χ3n) is 2.56. The minimum Gasteiger partial charge on any atom is -0.508 e. The fraction of sp³-hybridized carbons (Fsp3) is 0.0714. The number of aromatic hydroxyl groups is 1. The molecule has 0 unspecified atom stereocenters. The number of anilines is 1. The molecule has 8 heteroatoms. The predicted molar refractivity (Wildman–Crippen MR) is 76.9 cm³/mol. The molecule has 22 heavy (non-hydrogen) atoms. The Balaban J connectivity index is 2.27. The molecule has 2 N–H and O–H groups in total. The average molecular weight is 376 g/mol. The molecule has 2 aromatic rings. The van der Waals surface area contributed by atoms with E-state index >= 15 is 0 Å². The minimum absolute atomic E-state index is 0.0711. The van der Waals surface area contributed by atoms with Gasteiger partial charge in [-0.25, -0.2) is 0 Å². The van der Waals surface area contributed by atoms with Crippen molar-refractivity contribution in [2.45, 2.75) is 6.36 Å². The van der Waals surface area contributed by atoms with Crippen LogP contribution < -0.4 is 10.1 Å². The van der Waals surface area contributed by atoms with Gasteiger partial charge >= 0.3 is 6.36 Å². The van der Waals surface area contributed by atoms with E-state index in [2.05, 4.69) is 26.0 Å². The topological polar surface area (TPSA) is 58.6 Å². The molecule has 2 rings (SSSR count). The number of phenols is 1. The second-order valence-electron chi connectivity index (χ2n) is 4.16. The number of hydrogen-bond donors (Lipinski definition) is 2. The van der Waals surface area contributed by atoms with Crippen LogP contribution in [-0.4, -0.2) is 17.4 Å². The maximum atomic E-state index is 12.3. The molecular formula is C14H9BrF3NO3. The standard InChI is InChI=1S/C14H9BrF3NO3/c15-10-6-5-8(20)7-9(10)13(21)19-11-3-1-2-4-12(11)22-14(16,17)18/h1-7,20H,(H,19,21). The largest absolute Gasteiger partial charge is 0.573 e. The second-order valence-corrected chi connectivity index (χ2v) is 5.02. The quantitative estimate of drug-likeness (QED) is 0.840. The highest BCUT2D eigenvalue weighted by Gasteiger charge is 2.32. The number of hydrogen-bond acceptors (Lipinski definition) is 3. The average Bonchev–Trinajstić information content (AvgIpc) is 2.42. The lowest BCUT2D eigenvalue weighted by Gasteiger charge is -2.14. The van der Waals surface area contributed by atoms with Crippen LogP contribution in [0.4, 0.5) is 18.9 Å². The Hall–Kier alpha value is -2.22. The number of carbonyl (C=O) groups is 1. The molecule has 0 atom stereocenters. The van der Waals surface area contributed by atoms with Crippen LogP contribution in [0.5, 0.6) is 11.5 Å². The monoisotopic (exact) mass is 375 g/mol. The lowest BCUT2D eigenvalue weighted by Crippen LogP contribution is -2.19. The third-order valence-corrected chi connectivity index (χ3v) is 3.25. The summed E-state index contributed by atoms with van der Waals surface area (Å²) in [5, 5.41) is 11.7. The Bertz CT molecular complexity index is 704. The number of ether oxygens (including phenoxy) is 1. The zero-order chi connectivity index (χ0) is 16.3. The van der Waals surface area contributed by atoms with Crippen molar-refractivity contribution >= 4 is 27.5 Å². The Morgan fingerprint density at radius 1 is 1.18 bits per heavy atom. The molecule has 0 spiro atoms. The number of halogens is 4. The van der Waals surface area contributed by atoms with Crippen molar-refractivity contribution in [2.75, 3.05) is 5.32 Å². The van der Waals surface area contributed by atoms with E-state index in [1.807, 2.05) is 0 Å². The van der Waals surface area contributed by atoms with Gasteiger partial charge in [-0.05, 0) is 46.3 Å². The van der Waals surface area contributed by atoms with Gasteiger partial charge in [0.2, 0.25) is 0 Å². The van der Waals surface area contributed by atoms with Gasteiger partial charge < -0.3 is 15.2 Å². The molecule has 0 saturated heterocycles. The molecule has 0 aromatic heterocycles. The molecule has 0 radical (unpaired) electrons. The summed E-state index contributed by atoms with van der Waals surface area (Å²) in [6.07, 6.45) is -4.87. The van der Waals surface area contributed by atoms with E-state index in [1.54, 1.807) is 0 Å². The van der Waals surface area contributed by atoms with Crippen molar-refractivity contribution in [3.8, 4) is 11.5 Å². The number of amides is 1. The van der Waals surface area contributed by atoms with Crippen molar-refractivity contribution in [1.82, 2.24) is 0 Å². The number of benzene rings is 2. The molecule has 0 aliphatic rings. The van der Waals surface area contributed by atoms with E-state index < -0.39 is 18.0 Å². The van der Waals surface area contributed by atoms with E-state index in [1.165, 1.54) is 36.4 Å². The van der Waals surface area contributed by atoms with E-state index in [4.69, 9.17) is 0 Å². The van der Waals surface area contributed by atoms with Crippen LogP contribution in [0.25, 0.3) is 0 Å². The molecule has 1 amide bonds. The zero-order valence-corrected chi connectivity index (χ0v) is 12.4. The molecule has 116 valence electrons. The first-order valence-electron chi connectivity index (χ1n) is 5.91. The van der Waals surface area contributed by atoms with Crippen LogP contribution in [0.15, 0.2) is 46.9 Å². The summed E-state index contributed by atoms with van der Waals surface area (Å²) in [6.45, 7) is 0. The first-order valence-corrected chi connectivity index (χ1v) is 6.70. The zero-order valence-electron chi connectivity index (χ0n) is 10.8. The summed E-state index contributed by atoms with van der Waals surface area (Å²) >= 11 is 3.13. The van der Waals surface area contributed by atoms with E-state index in [9.17, 15) is 23.1 Å². The van der Waals surface area contributed by atoms with Gasteiger partial charge in [0.1, 0.15) is 5.75 Å². The summed E-state index contributed by atoms with van der Waals surface area (Å²) in [5.74, 6) is -1.37. The second kappa shape index (κ2) is 6.27. The molecule has 0 aliphatic heterocycles. The van der Waals surface area contributed by atoms with Crippen molar-refractivity contribution in [1.29, 1.82) is 0 Å². The maximum absolute atomic E-state index is 12.3. The van der Waals surface area contributed by atoms with Gasteiger partial charge in [-0.15, -0.1) is 13.2 Å². The predicted octanol–water partition coefficient (Wildman–Crippen LogP) is 4.31. The van der Waals surface area contributed by atoms with E-state index in [0.29, 0.717) is 4.47 Å². The fourth-order valence-corrected chi connectivity index (χ4v) is 2.09. The van der Waals surface area contributed by atoms with Crippen LogP contribution in [0, 0.1) is 0 Å². The van der Waals surface area contributed by atoms with Gasteiger partial charge in [-0.2, -0.15) is 0 Å². The smallest absolute Gasteiger partial charge is 0.508 e. The molecule has 2 aromatic carbocycles. The van der Waals surface area contributed by atoms with Gasteiger partial charge in [-0.1, -0.05) is 12.1 Å². The normalized spacial score (nSPS) is 11.1. The van der Waals surface area contributed by atoms with Crippen molar-refractivity contribution in [2.24, 2.45) is 0 Å². The van der Waals surface area contributed by atoms with Gasteiger partial charge in [-0.3, -0.25) is 4.79 Å². The number of phenolic OH excluding ortho intramolecular Hbond substituents is 1. The van der Waals surface area contributed by atoms with Gasteiger partial charge in [0.15, 0.2) is 5.75 Å². The van der Waals surface area contributed by atoms with E-state index in [-0.39, 0.29) is 17.0 Å². The summed E-state index contributed by atoms with van der Waals surface area (Å²) in [5.41, 5.74) is -0.0677. The Morgan fingerprint density at radius 3 is 2.55 bits per heavy atom. The van der Waals surface area contributed by atoms with Crippen LogP contribution in [0.2, 0.25) is 0 Å². The molecule has 0 heterocycles. The van der Waals surface area contributed by atoms with Crippen LogP contribution in [0.3, 0.4) is 0 Å². The van der Waals surface area contributed by atoms with Gasteiger partial charge in [0, 0.05) is 4.47 Å². The first kappa shape index (κ1) is 16.2. The van der Waals surface area contributed by atoms with Crippen molar-refractivity contribution < 1.29 is 27.8 Å². The molecule has 0 saturated carbocycles. The van der Waals surface area contributed by atoms with E-state index in [0.717, 1.165) is 6.07 Å². The number of para-hydroxylation sites is 2. The lowest BCUT2D eigenvalue weighted by atomic mass is 10.2. The van der Waals surface area contributed by atoms with Crippen LogP contribution in [0.1, 0.15) is 10.4 Å². The SMILES string of the molecule is O=C(Nc1ccccc1OC(F)(F)F)c1cc(O)ccc1Br. The molecule has 0 bridgehead atoms. The highest BCUT2D eigenvalue weighted by molar-refractivity contribution is 9.10. The third kappa shape index (κ3) is 4.14. The highest BCUT2D eigenvalue weighted by atomic mass is 79.9. The molecule has 0 fully saturated rings. The Labute approximate surface area is 131 Å². The number of carbonyl (C=O) groups excluding carboxylic acids is 1. The number of rotatable bonds is 3. The summed E-state index contributed by atoms with van der Waals surface area (Å²) < 4.78 is 41.2. The van der Waals surface area contributed by atoms with Crippen molar-refractivity contribution in [3.05, 3.63) is 52.5 Å².